The fourth-order valence-corrected chi connectivity index (χ4v) is 2.20. The van der Waals surface area contributed by atoms with E-state index in [0.717, 1.165) is 22.3 Å². The van der Waals surface area contributed by atoms with Gasteiger partial charge in [0.15, 0.2) is 0 Å². The van der Waals surface area contributed by atoms with E-state index >= 15 is 0 Å². The van der Waals surface area contributed by atoms with Crippen molar-refractivity contribution < 1.29 is 0 Å². The van der Waals surface area contributed by atoms with Gasteiger partial charge >= 0.3 is 0 Å². The Kier molecular flexibility index (Phi) is 5.13. The predicted octanol–water partition coefficient (Wildman–Crippen LogP) is 2.84. The van der Waals surface area contributed by atoms with Crippen LogP contribution in [0.3, 0.4) is 0 Å². The molecule has 1 aromatic carbocycles. The molecule has 3 N–H and O–H groups in total. The van der Waals surface area contributed by atoms with E-state index in [0.29, 0.717) is 4.99 Å². The monoisotopic (exact) mass is 329 g/mol. The van der Waals surface area contributed by atoms with Crippen molar-refractivity contribution in [3.05, 3.63) is 28.2 Å². The molecule has 3 nitrogen and oxygen atoms in total. The summed E-state index contributed by atoms with van der Waals surface area (Å²) in [5.74, 6) is 0. The van der Waals surface area contributed by atoms with Crippen molar-refractivity contribution in [3.63, 3.8) is 0 Å². The highest BCUT2D eigenvalue weighted by Gasteiger charge is 2.19. The summed E-state index contributed by atoms with van der Waals surface area (Å²) in [6, 6.07) is 5.92. The van der Waals surface area contributed by atoms with E-state index in [1.54, 1.807) is 0 Å². The molecule has 18 heavy (non-hydrogen) atoms. The second-order valence-corrected chi connectivity index (χ2v) is 6.41. The van der Waals surface area contributed by atoms with Crippen LogP contribution in [0.1, 0.15) is 19.4 Å². The van der Waals surface area contributed by atoms with Crippen molar-refractivity contribution in [3.8, 4) is 0 Å². The fourth-order valence-electron chi connectivity index (χ4n) is 1.30. The highest BCUT2D eigenvalue weighted by molar-refractivity contribution is 9.10. The lowest BCUT2D eigenvalue weighted by atomic mass is 10.0. The van der Waals surface area contributed by atoms with Crippen molar-refractivity contribution in [1.82, 2.24) is 4.90 Å². The minimum absolute atomic E-state index is 0.0916. The van der Waals surface area contributed by atoms with Gasteiger partial charge in [-0.2, -0.15) is 0 Å². The quantitative estimate of drug-likeness (QED) is 0.815. The zero-order chi connectivity index (χ0) is 13.9. The SMILES string of the molecule is CN(C)C(C)(C)CNc1ccc(C(N)=S)c(Br)c1. The van der Waals surface area contributed by atoms with Crippen LogP contribution in [0.5, 0.6) is 0 Å². The Morgan fingerprint density at radius 3 is 2.50 bits per heavy atom. The molecule has 1 rings (SSSR count). The first-order chi connectivity index (χ1) is 8.24. The van der Waals surface area contributed by atoms with Crippen molar-refractivity contribution in [2.45, 2.75) is 19.4 Å². The van der Waals surface area contributed by atoms with Gasteiger partial charge < -0.3 is 16.0 Å². The molecule has 0 saturated carbocycles. The lowest BCUT2D eigenvalue weighted by Crippen LogP contribution is -2.44. The van der Waals surface area contributed by atoms with Crippen LogP contribution in [-0.2, 0) is 0 Å². The molecule has 0 heterocycles. The normalized spacial score (nSPS) is 11.7. The molecule has 1 aromatic rings. The molecule has 5 heteroatoms. The third-order valence-corrected chi connectivity index (χ3v) is 4.05. The smallest absolute Gasteiger partial charge is 0.105 e. The zero-order valence-corrected chi connectivity index (χ0v) is 13.7. The van der Waals surface area contributed by atoms with Crippen LogP contribution in [0.25, 0.3) is 0 Å². The number of thiocarbonyl (C=S) groups is 1. The van der Waals surface area contributed by atoms with Gasteiger partial charge in [0.05, 0.1) is 0 Å². The third-order valence-electron chi connectivity index (χ3n) is 3.17. The molecule has 0 spiro atoms. The minimum Gasteiger partial charge on any atom is -0.389 e. The number of nitrogens with one attached hydrogen (secondary N) is 1. The molecule has 0 aromatic heterocycles. The average molecular weight is 330 g/mol. The van der Waals surface area contributed by atoms with Crippen LogP contribution in [-0.4, -0.2) is 36.1 Å². The standard InChI is InChI=1S/C13H20BrN3S/c1-13(2,17(3)4)8-16-9-5-6-10(12(15)18)11(14)7-9/h5-7,16H,8H2,1-4H3,(H2,15,18). The molecule has 0 atom stereocenters. The van der Waals surface area contributed by atoms with Gasteiger partial charge in [0, 0.05) is 27.8 Å². The first-order valence-electron chi connectivity index (χ1n) is 5.74. The lowest BCUT2D eigenvalue weighted by molar-refractivity contribution is 0.210. The molecule has 0 bridgehead atoms. The second-order valence-electron chi connectivity index (χ2n) is 5.12. The van der Waals surface area contributed by atoms with Crippen LogP contribution < -0.4 is 11.1 Å². The fraction of sp³-hybridized carbons (Fsp3) is 0.462. The summed E-state index contributed by atoms with van der Waals surface area (Å²) in [6.45, 7) is 5.25. The summed E-state index contributed by atoms with van der Waals surface area (Å²) in [7, 11) is 4.15. The van der Waals surface area contributed by atoms with Crippen LogP contribution in [0.2, 0.25) is 0 Å². The molecular weight excluding hydrogens is 310 g/mol. The molecule has 0 unspecified atom stereocenters. The minimum atomic E-state index is 0.0916. The summed E-state index contributed by atoms with van der Waals surface area (Å²) >= 11 is 8.45. The molecule has 100 valence electrons. The van der Waals surface area contributed by atoms with Crippen LogP contribution >= 0.6 is 28.1 Å². The maximum atomic E-state index is 5.62. The maximum Gasteiger partial charge on any atom is 0.105 e. The summed E-state index contributed by atoms with van der Waals surface area (Å²) in [6.07, 6.45) is 0. The number of halogens is 1. The molecule has 0 saturated heterocycles. The van der Waals surface area contributed by atoms with Gasteiger partial charge in [-0.15, -0.1) is 0 Å². The van der Waals surface area contributed by atoms with Crippen molar-refractivity contribution in [1.29, 1.82) is 0 Å². The molecule has 0 fully saturated rings. The summed E-state index contributed by atoms with van der Waals surface area (Å²) in [5.41, 5.74) is 7.63. The van der Waals surface area contributed by atoms with E-state index in [2.05, 4.69) is 54.1 Å². The van der Waals surface area contributed by atoms with Crippen LogP contribution in [0.15, 0.2) is 22.7 Å². The number of nitrogens with two attached hydrogens (primary N) is 1. The molecule has 0 amide bonds. The Labute approximate surface area is 123 Å². The maximum absolute atomic E-state index is 5.62. The van der Waals surface area contributed by atoms with Gasteiger partial charge in [-0.1, -0.05) is 12.2 Å². The lowest BCUT2D eigenvalue weighted by Gasteiger charge is -2.33. The van der Waals surface area contributed by atoms with Crippen molar-refractivity contribution in [2.24, 2.45) is 5.73 Å². The Bertz CT molecular complexity index is 444. The number of hydrogen-bond acceptors (Lipinski definition) is 3. The highest BCUT2D eigenvalue weighted by Crippen LogP contribution is 2.22. The predicted molar refractivity (Wildman–Crippen MR) is 86.3 cm³/mol. The van der Waals surface area contributed by atoms with E-state index in [9.17, 15) is 0 Å². The third kappa shape index (κ3) is 3.93. The van der Waals surface area contributed by atoms with E-state index < -0.39 is 0 Å². The Hall–Kier alpha value is -0.650. The average Bonchev–Trinajstić information content (AvgIpc) is 2.25. The number of hydrogen-bond donors (Lipinski definition) is 2. The Balaban J connectivity index is 2.76. The molecule has 0 aliphatic heterocycles. The number of nitrogens with zero attached hydrogens (tertiary/aromatic N) is 1. The topological polar surface area (TPSA) is 41.3 Å². The summed E-state index contributed by atoms with van der Waals surface area (Å²) in [4.78, 5) is 2.60. The Morgan fingerprint density at radius 2 is 2.06 bits per heavy atom. The largest absolute Gasteiger partial charge is 0.389 e. The van der Waals surface area contributed by atoms with Gasteiger partial charge in [-0.25, -0.2) is 0 Å². The summed E-state index contributed by atoms with van der Waals surface area (Å²) in [5, 5.41) is 3.42. The Morgan fingerprint density at radius 1 is 1.44 bits per heavy atom. The van der Waals surface area contributed by atoms with E-state index in [1.165, 1.54) is 0 Å². The van der Waals surface area contributed by atoms with Crippen molar-refractivity contribution in [2.75, 3.05) is 26.0 Å². The number of likely N-dealkylation sites (N-methyl/N-ethyl adjacent to an activating group) is 1. The first kappa shape index (κ1) is 15.4. The van der Waals surface area contributed by atoms with E-state index in [4.69, 9.17) is 18.0 Å². The van der Waals surface area contributed by atoms with Crippen LogP contribution in [0.4, 0.5) is 5.69 Å². The van der Waals surface area contributed by atoms with E-state index in [1.807, 2.05) is 18.2 Å². The molecule has 0 aliphatic rings. The molecular formula is C13H20BrN3S. The van der Waals surface area contributed by atoms with Gasteiger partial charge in [-0.3, -0.25) is 0 Å². The van der Waals surface area contributed by atoms with Crippen LogP contribution in [0, 0.1) is 0 Å². The van der Waals surface area contributed by atoms with Gasteiger partial charge in [0.2, 0.25) is 0 Å². The van der Waals surface area contributed by atoms with Crippen molar-refractivity contribution >= 4 is 38.8 Å². The number of anilines is 1. The first-order valence-corrected chi connectivity index (χ1v) is 6.95. The number of benzene rings is 1. The zero-order valence-electron chi connectivity index (χ0n) is 11.2. The highest BCUT2D eigenvalue weighted by atomic mass is 79.9. The molecule has 0 radical (unpaired) electrons. The van der Waals surface area contributed by atoms with E-state index in [-0.39, 0.29) is 5.54 Å². The number of rotatable bonds is 5. The van der Waals surface area contributed by atoms with Gasteiger partial charge in [0.1, 0.15) is 4.99 Å². The van der Waals surface area contributed by atoms with Gasteiger partial charge in [0.25, 0.3) is 0 Å². The molecule has 0 aliphatic carbocycles. The second kappa shape index (κ2) is 5.99. The summed E-state index contributed by atoms with van der Waals surface area (Å²) < 4.78 is 0.919. The van der Waals surface area contributed by atoms with Gasteiger partial charge in [-0.05, 0) is 62.1 Å².